The van der Waals surface area contributed by atoms with Crippen LogP contribution in [0.3, 0.4) is 0 Å². The Balaban J connectivity index is 1.48. The van der Waals surface area contributed by atoms with Crippen LogP contribution in [-0.4, -0.2) is 17.0 Å². The van der Waals surface area contributed by atoms with Crippen molar-refractivity contribution in [3.05, 3.63) is 53.1 Å². The number of aliphatic hydroxyl groups is 1. The summed E-state index contributed by atoms with van der Waals surface area (Å²) in [6.45, 7) is 4.69. The highest BCUT2D eigenvalue weighted by atomic mass is 16.3. The second-order valence-electron chi connectivity index (χ2n) is 10.2. The second kappa shape index (κ2) is 6.42. The number of aliphatic hydroxyl groups excluding tert-OH is 1. The minimum atomic E-state index is -0.183. The molecule has 5 rings (SSSR count). The fourth-order valence-corrected chi connectivity index (χ4v) is 7.19. The number of allylic oxidation sites excluding steroid dienone is 2. The van der Waals surface area contributed by atoms with Crippen molar-refractivity contribution >= 4 is 11.9 Å². The van der Waals surface area contributed by atoms with Gasteiger partial charge in [-0.05, 0) is 85.3 Å². The number of hydrogen-bond donors (Lipinski definition) is 1. The van der Waals surface area contributed by atoms with Crippen LogP contribution in [0.15, 0.2) is 47.6 Å². The quantitative estimate of drug-likeness (QED) is 0.514. The number of carbonyl (C=O) groups is 1. The molecule has 0 heterocycles. The van der Waals surface area contributed by atoms with E-state index in [4.69, 9.17) is 0 Å². The third-order valence-electron chi connectivity index (χ3n) is 8.86. The van der Waals surface area contributed by atoms with E-state index < -0.39 is 0 Å². The van der Waals surface area contributed by atoms with E-state index >= 15 is 0 Å². The molecule has 0 amide bonds. The summed E-state index contributed by atoms with van der Waals surface area (Å²) in [5.74, 6) is 2.14. The molecule has 3 fully saturated rings. The second-order valence-corrected chi connectivity index (χ2v) is 10.2. The molecule has 1 N–H and O–H groups in total. The summed E-state index contributed by atoms with van der Waals surface area (Å²) in [4.78, 5) is 13.4. The van der Waals surface area contributed by atoms with E-state index in [0.29, 0.717) is 23.5 Å². The van der Waals surface area contributed by atoms with Crippen LogP contribution in [0, 0.1) is 28.6 Å². The highest BCUT2D eigenvalue weighted by Crippen LogP contribution is 2.64. The molecule has 0 spiro atoms. The van der Waals surface area contributed by atoms with E-state index in [0.717, 1.165) is 56.1 Å². The molecule has 4 aliphatic carbocycles. The number of rotatable bonds is 1. The van der Waals surface area contributed by atoms with Crippen molar-refractivity contribution in [1.82, 2.24) is 0 Å². The Kier molecular flexibility index (Phi) is 4.21. The van der Waals surface area contributed by atoms with Crippen molar-refractivity contribution in [1.29, 1.82) is 0 Å². The smallest absolute Gasteiger partial charge is 0.165 e. The van der Waals surface area contributed by atoms with Gasteiger partial charge in [0.25, 0.3) is 0 Å². The minimum Gasteiger partial charge on any atom is -0.393 e. The molecule has 2 nitrogen and oxygen atoms in total. The molecule has 148 valence electrons. The Morgan fingerprint density at radius 2 is 1.75 bits per heavy atom. The molecule has 4 aliphatic rings. The molecule has 0 saturated heterocycles. The van der Waals surface area contributed by atoms with Crippen LogP contribution in [0.25, 0.3) is 6.08 Å². The lowest BCUT2D eigenvalue weighted by molar-refractivity contribution is -0.130. The molecule has 0 radical (unpaired) electrons. The van der Waals surface area contributed by atoms with Gasteiger partial charge in [-0.15, -0.1) is 0 Å². The van der Waals surface area contributed by atoms with Crippen molar-refractivity contribution in [2.24, 2.45) is 28.6 Å². The van der Waals surface area contributed by atoms with Crippen molar-refractivity contribution < 1.29 is 9.90 Å². The average molecular weight is 377 g/mol. The van der Waals surface area contributed by atoms with Gasteiger partial charge in [-0.2, -0.15) is 0 Å². The Morgan fingerprint density at radius 1 is 1.00 bits per heavy atom. The van der Waals surface area contributed by atoms with Gasteiger partial charge in [-0.3, -0.25) is 4.79 Å². The van der Waals surface area contributed by atoms with E-state index in [1.807, 2.05) is 18.2 Å². The van der Waals surface area contributed by atoms with Gasteiger partial charge in [-0.25, -0.2) is 0 Å². The van der Waals surface area contributed by atoms with Crippen LogP contribution in [0.1, 0.15) is 64.4 Å². The number of fused-ring (bicyclic) bond motifs is 5. The lowest BCUT2D eigenvalue weighted by Crippen LogP contribution is -2.50. The van der Waals surface area contributed by atoms with Gasteiger partial charge in [0.2, 0.25) is 0 Å². The van der Waals surface area contributed by atoms with Crippen LogP contribution in [0.4, 0.5) is 0 Å². The number of ketones is 1. The van der Waals surface area contributed by atoms with Crippen LogP contribution in [0.5, 0.6) is 0 Å². The van der Waals surface area contributed by atoms with Gasteiger partial charge >= 0.3 is 0 Å². The summed E-state index contributed by atoms with van der Waals surface area (Å²) in [5.41, 5.74) is 3.73. The summed E-state index contributed by atoms with van der Waals surface area (Å²) in [7, 11) is 0. The molecule has 1 aromatic carbocycles. The Bertz CT molecular complexity index is 850. The van der Waals surface area contributed by atoms with Crippen molar-refractivity contribution in [3.8, 4) is 0 Å². The first-order valence-corrected chi connectivity index (χ1v) is 11.1. The first-order chi connectivity index (χ1) is 13.4. The third-order valence-corrected chi connectivity index (χ3v) is 8.86. The van der Waals surface area contributed by atoms with Crippen LogP contribution >= 0.6 is 0 Å². The zero-order valence-electron chi connectivity index (χ0n) is 17.2. The van der Waals surface area contributed by atoms with E-state index in [-0.39, 0.29) is 16.9 Å². The molecule has 0 bridgehead atoms. The topological polar surface area (TPSA) is 37.3 Å². The molecule has 0 aliphatic heterocycles. The van der Waals surface area contributed by atoms with Crippen LogP contribution in [-0.2, 0) is 4.79 Å². The number of Topliss-reactive ketones (excluding diaryl/α,β-unsaturated/α-hetero) is 1. The van der Waals surface area contributed by atoms with Crippen molar-refractivity contribution in [3.63, 3.8) is 0 Å². The number of carbonyl (C=O) groups excluding carboxylic acids is 1. The lowest BCUT2D eigenvalue weighted by Gasteiger charge is -2.56. The highest BCUT2D eigenvalue weighted by molar-refractivity contribution is 6.05. The minimum absolute atomic E-state index is 0.154. The molecule has 0 aromatic heterocycles. The predicted octanol–water partition coefficient (Wildman–Crippen LogP) is 5.57. The summed E-state index contributed by atoms with van der Waals surface area (Å²) in [5, 5.41) is 10.2. The Morgan fingerprint density at radius 3 is 2.54 bits per heavy atom. The van der Waals surface area contributed by atoms with Gasteiger partial charge in [0, 0.05) is 5.41 Å². The van der Waals surface area contributed by atoms with Gasteiger partial charge in [0.15, 0.2) is 5.78 Å². The van der Waals surface area contributed by atoms with E-state index in [2.05, 4.69) is 38.1 Å². The summed E-state index contributed by atoms with van der Waals surface area (Å²) >= 11 is 0. The molecular formula is C26H32O2. The zero-order chi connectivity index (χ0) is 19.5. The van der Waals surface area contributed by atoms with E-state index in [1.165, 1.54) is 5.57 Å². The molecule has 28 heavy (non-hydrogen) atoms. The van der Waals surface area contributed by atoms with Crippen molar-refractivity contribution in [2.75, 3.05) is 0 Å². The standard InChI is InChI=1S/C26H32O2/c1-25-12-10-20(27)16-19(25)8-9-21-22(25)11-13-26(2)23(21)15-18(24(26)28)14-17-6-4-3-5-7-17/h3-8,14,20-23,27H,9-13,15-16H2,1-2H3/t20-,21+,22-,23-,25-,26-/m0/s1. The number of hydrogen-bond acceptors (Lipinski definition) is 2. The molecule has 1 aromatic rings. The zero-order valence-corrected chi connectivity index (χ0v) is 17.2. The fourth-order valence-electron chi connectivity index (χ4n) is 7.19. The first kappa shape index (κ1) is 18.4. The van der Waals surface area contributed by atoms with Crippen LogP contribution in [0.2, 0.25) is 0 Å². The molecule has 3 saturated carbocycles. The van der Waals surface area contributed by atoms with E-state index in [9.17, 15) is 9.90 Å². The molecule has 6 atom stereocenters. The SMILES string of the molecule is C[C@]12CC[C@H](O)CC1=CC[C@@H]1[C@@H]2CC[C@]2(C)C(=O)C(=Cc3ccccc3)C[C@@H]12. The van der Waals surface area contributed by atoms with Gasteiger partial charge in [0.05, 0.1) is 6.10 Å². The summed E-state index contributed by atoms with van der Waals surface area (Å²) in [6.07, 6.45) is 11.5. The largest absolute Gasteiger partial charge is 0.393 e. The monoisotopic (exact) mass is 376 g/mol. The van der Waals surface area contributed by atoms with Crippen LogP contribution < -0.4 is 0 Å². The van der Waals surface area contributed by atoms with E-state index in [1.54, 1.807) is 0 Å². The summed E-state index contributed by atoms with van der Waals surface area (Å²) < 4.78 is 0. The van der Waals surface area contributed by atoms with Crippen molar-refractivity contribution in [2.45, 2.75) is 64.9 Å². The predicted molar refractivity (Wildman–Crippen MR) is 113 cm³/mol. The fraction of sp³-hybridized carbons (Fsp3) is 0.577. The number of benzene rings is 1. The molecule has 0 unspecified atom stereocenters. The first-order valence-electron chi connectivity index (χ1n) is 11.1. The molecular weight excluding hydrogens is 344 g/mol. The Hall–Kier alpha value is -1.67. The normalized spacial score (nSPS) is 43.9. The maximum Gasteiger partial charge on any atom is 0.165 e. The maximum absolute atomic E-state index is 13.4. The summed E-state index contributed by atoms with van der Waals surface area (Å²) in [6, 6.07) is 10.3. The highest BCUT2D eigenvalue weighted by Gasteiger charge is 2.59. The van der Waals surface area contributed by atoms with Gasteiger partial charge in [-0.1, -0.05) is 55.8 Å². The van der Waals surface area contributed by atoms with Gasteiger partial charge < -0.3 is 5.11 Å². The maximum atomic E-state index is 13.4. The third kappa shape index (κ3) is 2.60. The Labute approximate surface area is 168 Å². The molecule has 2 heteroatoms. The van der Waals surface area contributed by atoms with Gasteiger partial charge in [0.1, 0.15) is 0 Å². The average Bonchev–Trinajstić information content (AvgIpc) is 2.94. The lowest BCUT2D eigenvalue weighted by atomic mass is 9.48.